The third-order valence-electron chi connectivity index (χ3n) is 7.22. The number of nitrogens with one attached hydrogen (secondary N) is 1. The number of nitrogens with zero attached hydrogens (tertiary/aromatic N) is 2. The number of rotatable bonds is 10. The lowest BCUT2D eigenvalue weighted by Crippen LogP contribution is -2.53. The third-order valence-corrected chi connectivity index (χ3v) is 8.36. The van der Waals surface area contributed by atoms with Crippen LogP contribution in [0.5, 0.6) is 0 Å². The third kappa shape index (κ3) is 7.82. The Bertz CT molecular complexity index is 1210. The quantitative estimate of drug-likeness (QED) is 0.462. The number of amides is 2. The molecule has 0 bridgehead atoms. The molecule has 8 heteroatoms. The monoisotopic (exact) mass is 541 g/mol. The molecule has 0 unspecified atom stereocenters. The number of aryl methyl sites for hydroxylation is 1. The van der Waals surface area contributed by atoms with Crippen molar-refractivity contribution in [2.75, 3.05) is 17.1 Å². The molecule has 1 fully saturated rings. The van der Waals surface area contributed by atoms with Gasteiger partial charge in [0, 0.05) is 12.6 Å². The molecule has 2 amide bonds. The Balaban J connectivity index is 1.92. The van der Waals surface area contributed by atoms with Crippen LogP contribution >= 0.6 is 0 Å². The summed E-state index contributed by atoms with van der Waals surface area (Å²) in [4.78, 5) is 28.8. The van der Waals surface area contributed by atoms with Crippen LogP contribution in [0.25, 0.3) is 0 Å². The molecular formula is C30H43N3O4S. The number of carbonyl (C=O) groups is 2. The molecule has 1 aliphatic rings. The lowest BCUT2D eigenvalue weighted by Gasteiger charge is -2.33. The Morgan fingerprint density at radius 1 is 1.05 bits per heavy atom. The molecule has 0 aliphatic heterocycles. The Morgan fingerprint density at radius 3 is 2.21 bits per heavy atom. The summed E-state index contributed by atoms with van der Waals surface area (Å²) < 4.78 is 26.8. The van der Waals surface area contributed by atoms with Gasteiger partial charge in [-0.05, 0) is 54.9 Å². The number of sulfonamides is 1. The maximum Gasteiger partial charge on any atom is 0.244 e. The van der Waals surface area contributed by atoms with E-state index >= 15 is 0 Å². The molecule has 38 heavy (non-hydrogen) atoms. The summed E-state index contributed by atoms with van der Waals surface area (Å²) in [6.45, 7) is 9.96. The van der Waals surface area contributed by atoms with Crippen molar-refractivity contribution < 1.29 is 18.0 Å². The molecule has 0 saturated heterocycles. The van der Waals surface area contributed by atoms with Crippen LogP contribution in [0.1, 0.15) is 76.5 Å². The van der Waals surface area contributed by atoms with Crippen molar-refractivity contribution in [1.29, 1.82) is 0 Å². The minimum absolute atomic E-state index is 0.0874. The number of benzene rings is 2. The van der Waals surface area contributed by atoms with E-state index in [4.69, 9.17) is 0 Å². The molecule has 1 saturated carbocycles. The van der Waals surface area contributed by atoms with Gasteiger partial charge in [-0.2, -0.15) is 0 Å². The Morgan fingerprint density at radius 2 is 1.68 bits per heavy atom. The minimum atomic E-state index is -3.76. The van der Waals surface area contributed by atoms with Gasteiger partial charge in [0.2, 0.25) is 21.8 Å². The first-order chi connectivity index (χ1) is 17.8. The highest BCUT2D eigenvalue weighted by molar-refractivity contribution is 7.92. The van der Waals surface area contributed by atoms with Crippen LogP contribution in [-0.2, 0) is 31.6 Å². The van der Waals surface area contributed by atoms with Gasteiger partial charge in [0.1, 0.15) is 12.6 Å². The predicted molar refractivity (Wildman–Crippen MR) is 154 cm³/mol. The lowest BCUT2D eigenvalue weighted by molar-refractivity contribution is -0.140. The molecule has 2 aromatic rings. The van der Waals surface area contributed by atoms with E-state index in [0.717, 1.165) is 52.9 Å². The van der Waals surface area contributed by atoms with Gasteiger partial charge in [0.25, 0.3) is 0 Å². The summed E-state index contributed by atoms with van der Waals surface area (Å²) in [5.74, 6) is -0.592. The molecule has 1 aliphatic carbocycles. The van der Waals surface area contributed by atoms with Crippen molar-refractivity contribution in [1.82, 2.24) is 10.2 Å². The van der Waals surface area contributed by atoms with Crippen LogP contribution in [0.4, 0.5) is 5.69 Å². The topological polar surface area (TPSA) is 86.8 Å². The zero-order valence-corrected chi connectivity index (χ0v) is 24.5. The lowest BCUT2D eigenvalue weighted by atomic mass is 9.87. The van der Waals surface area contributed by atoms with Crippen LogP contribution in [0.2, 0.25) is 0 Å². The standard InChI is InChI=1S/C30H43N3O4S/c1-7-27(29(35)31-25-13-8-9-14-25)32(20-23-12-10-11-22(2)19-23)28(34)21-33(38(6,36)37)26-17-15-24(16-18-26)30(3,4)5/h10-12,15-19,25,27H,7-9,13-14,20-21H2,1-6H3,(H,31,35)/t27-/m1/s1. The largest absolute Gasteiger partial charge is 0.352 e. The number of hydrogen-bond acceptors (Lipinski definition) is 4. The van der Waals surface area contributed by atoms with E-state index in [2.05, 4.69) is 26.1 Å². The average molecular weight is 542 g/mol. The highest BCUT2D eigenvalue weighted by atomic mass is 32.2. The van der Waals surface area contributed by atoms with Gasteiger partial charge in [0.05, 0.1) is 11.9 Å². The van der Waals surface area contributed by atoms with Gasteiger partial charge >= 0.3 is 0 Å². The fraction of sp³-hybridized carbons (Fsp3) is 0.533. The van der Waals surface area contributed by atoms with Crippen molar-refractivity contribution >= 4 is 27.5 Å². The number of carbonyl (C=O) groups excluding carboxylic acids is 2. The van der Waals surface area contributed by atoms with Crippen LogP contribution in [0.3, 0.4) is 0 Å². The van der Waals surface area contributed by atoms with Gasteiger partial charge in [-0.1, -0.05) is 82.5 Å². The first-order valence-electron chi connectivity index (χ1n) is 13.5. The van der Waals surface area contributed by atoms with Crippen LogP contribution in [0, 0.1) is 6.92 Å². The van der Waals surface area contributed by atoms with Crippen molar-refractivity contribution in [3.05, 3.63) is 65.2 Å². The first-order valence-corrected chi connectivity index (χ1v) is 15.4. The maximum atomic E-state index is 13.9. The minimum Gasteiger partial charge on any atom is -0.352 e. The summed E-state index contributed by atoms with van der Waals surface area (Å²) in [5.41, 5.74) is 3.35. The highest BCUT2D eigenvalue weighted by Gasteiger charge is 2.33. The molecule has 208 valence electrons. The summed E-state index contributed by atoms with van der Waals surface area (Å²) in [5, 5.41) is 3.13. The van der Waals surface area contributed by atoms with Gasteiger partial charge in [-0.25, -0.2) is 8.42 Å². The Labute approximate surface area is 228 Å². The molecular weight excluding hydrogens is 498 g/mol. The van der Waals surface area contributed by atoms with E-state index in [0.29, 0.717) is 12.1 Å². The van der Waals surface area contributed by atoms with E-state index < -0.39 is 22.0 Å². The molecule has 1 N–H and O–H groups in total. The van der Waals surface area contributed by atoms with E-state index in [-0.39, 0.29) is 30.5 Å². The van der Waals surface area contributed by atoms with Gasteiger partial charge in [-0.15, -0.1) is 0 Å². The van der Waals surface area contributed by atoms with E-state index in [9.17, 15) is 18.0 Å². The molecule has 0 radical (unpaired) electrons. The fourth-order valence-electron chi connectivity index (χ4n) is 5.04. The van der Waals surface area contributed by atoms with Crippen molar-refractivity contribution in [2.24, 2.45) is 0 Å². The Hall–Kier alpha value is -2.87. The predicted octanol–water partition coefficient (Wildman–Crippen LogP) is 4.92. The van der Waals surface area contributed by atoms with E-state index in [1.54, 1.807) is 17.0 Å². The number of hydrogen-bond donors (Lipinski definition) is 1. The molecule has 0 heterocycles. The van der Waals surface area contributed by atoms with E-state index in [1.807, 2.05) is 50.2 Å². The summed E-state index contributed by atoms with van der Waals surface area (Å²) in [6.07, 6.45) is 5.60. The van der Waals surface area contributed by atoms with Crippen LogP contribution in [-0.4, -0.2) is 50.0 Å². The SMILES string of the molecule is CC[C@H](C(=O)NC1CCCC1)N(Cc1cccc(C)c1)C(=O)CN(c1ccc(C(C)(C)C)cc1)S(C)(=O)=O. The van der Waals surface area contributed by atoms with Crippen molar-refractivity contribution in [2.45, 2.75) is 90.8 Å². The second-order valence-electron chi connectivity index (χ2n) is 11.5. The Kier molecular flexibility index (Phi) is 9.63. The first kappa shape index (κ1) is 29.7. The van der Waals surface area contributed by atoms with Crippen LogP contribution in [0.15, 0.2) is 48.5 Å². The van der Waals surface area contributed by atoms with Crippen molar-refractivity contribution in [3.8, 4) is 0 Å². The van der Waals surface area contributed by atoms with E-state index in [1.165, 1.54) is 0 Å². The summed E-state index contributed by atoms with van der Waals surface area (Å²) in [6, 6.07) is 14.5. The normalized spacial score (nSPS) is 15.2. The highest BCUT2D eigenvalue weighted by Crippen LogP contribution is 2.26. The molecule has 7 nitrogen and oxygen atoms in total. The molecule has 3 rings (SSSR count). The molecule has 1 atom stereocenters. The van der Waals surface area contributed by atoms with Gasteiger partial charge in [-0.3, -0.25) is 13.9 Å². The zero-order valence-electron chi connectivity index (χ0n) is 23.7. The van der Waals surface area contributed by atoms with Gasteiger partial charge < -0.3 is 10.2 Å². The molecule has 0 spiro atoms. The molecule has 2 aromatic carbocycles. The summed E-state index contributed by atoms with van der Waals surface area (Å²) >= 11 is 0. The zero-order chi connectivity index (χ0) is 28.1. The van der Waals surface area contributed by atoms with Gasteiger partial charge in [0.15, 0.2) is 0 Å². The molecule has 0 aromatic heterocycles. The van der Waals surface area contributed by atoms with Crippen molar-refractivity contribution in [3.63, 3.8) is 0 Å². The number of anilines is 1. The fourth-order valence-corrected chi connectivity index (χ4v) is 5.89. The second-order valence-corrected chi connectivity index (χ2v) is 13.4. The summed E-state index contributed by atoms with van der Waals surface area (Å²) in [7, 11) is -3.76. The second kappa shape index (κ2) is 12.3. The van der Waals surface area contributed by atoms with Crippen LogP contribution < -0.4 is 9.62 Å². The average Bonchev–Trinajstić information content (AvgIpc) is 3.34. The maximum absolute atomic E-state index is 13.9. The smallest absolute Gasteiger partial charge is 0.244 e.